The van der Waals surface area contributed by atoms with E-state index >= 15 is 0 Å². The van der Waals surface area contributed by atoms with Crippen molar-refractivity contribution in [3.8, 4) is 5.75 Å². The molecule has 1 saturated heterocycles. The molecule has 128 valence electrons. The van der Waals surface area contributed by atoms with Gasteiger partial charge in [-0.25, -0.2) is 9.69 Å². The van der Waals surface area contributed by atoms with Crippen LogP contribution in [0.15, 0.2) is 46.4 Å². The fourth-order valence-electron chi connectivity index (χ4n) is 2.30. The highest BCUT2D eigenvalue weighted by atomic mass is 127. The van der Waals surface area contributed by atoms with Gasteiger partial charge in [-0.05, 0) is 72.0 Å². The van der Waals surface area contributed by atoms with Gasteiger partial charge in [-0.3, -0.25) is 14.9 Å². The second kappa shape index (κ2) is 7.09. The van der Waals surface area contributed by atoms with Crippen LogP contribution >= 0.6 is 22.6 Å². The summed E-state index contributed by atoms with van der Waals surface area (Å²) >= 11 is 1.97. The number of barbiturate groups is 1. The fourth-order valence-corrected chi connectivity index (χ4v) is 2.73. The van der Waals surface area contributed by atoms with Gasteiger partial charge in [0.25, 0.3) is 11.8 Å². The van der Waals surface area contributed by atoms with Crippen LogP contribution in [-0.2, 0) is 9.59 Å². The molecule has 4 amide bonds. The smallest absolute Gasteiger partial charge is 0.335 e. The first-order chi connectivity index (χ1) is 12.0. The van der Waals surface area contributed by atoms with Gasteiger partial charge >= 0.3 is 6.03 Å². The van der Waals surface area contributed by atoms with Gasteiger partial charge in [-0.1, -0.05) is 0 Å². The van der Waals surface area contributed by atoms with Crippen LogP contribution in [0.4, 0.5) is 10.5 Å². The summed E-state index contributed by atoms with van der Waals surface area (Å²) in [6.07, 6.45) is 1.31. The number of hydrogen-bond acceptors (Lipinski definition) is 5. The van der Waals surface area contributed by atoms with Crippen LogP contribution in [0.3, 0.4) is 0 Å². The quantitative estimate of drug-likeness (QED) is 0.438. The zero-order valence-corrected chi connectivity index (χ0v) is 15.3. The van der Waals surface area contributed by atoms with E-state index < -0.39 is 17.8 Å². The number of amides is 4. The third-order valence-electron chi connectivity index (χ3n) is 3.39. The van der Waals surface area contributed by atoms with Crippen molar-refractivity contribution in [3.05, 3.63) is 51.5 Å². The van der Waals surface area contributed by atoms with Crippen LogP contribution in [0.5, 0.6) is 5.75 Å². The minimum absolute atomic E-state index is 0.181. The number of ether oxygens (including phenoxy) is 1. The molecule has 1 fully saturated rings. The SMILES string of the molecule is CCOc1ccc(N2C(=O)NC(=O)/C(=C\c3ccc(I)o3)C2=O)cc1. The predicted molar refractivity (Wildman–Crippen MR) is 98.0 cm³/mol. The number of carbonyl (C=O) groups is 3. The van der Waals surface area contributed by atoms with E-state index in [0.29, 0.717) is 27.6 Å². The maximum Gasteiger partial charge on any atom is 0.335 e. The summed E-state index contributed by atoms with van der Waals surface area (Å²) in [7, 11) is 0. The molecule has 2 heterocycles. The van der Waals surface area contributed by atoms with E-state index in [-0.39, 0.29) is 5.57 Å². The van der Waals surface area contributed by atoms with Crippen LogP contribution in [0.25, 0.3) is 6.08 Å². The molecule has 1 aliphatic heterocycles. The Hall–Kier alpha value is -2.62. The molecule has 1 aliphatic rings. The lowest BCUT2D eigenvalue weighted by Gasteiger charge is -2.26. The monoisotopic (exact) mass is 452 g/mol. The Morgan fingerprint density at radius 2 is 1.88 bits per heavy atom. The van der Waals surface area contributed by atoms with Crippen molar-refractivity contribution >= 4 is 52.2 Å². The lowest BCUT2D eigenvalue weighted by atomic mass is 10.1. The van der Waals surface area contributed by atoms with Crippen LogP contribution < -0.4 is 15.0 Å². The topological polar surface area (TPSA) is 88.8 Å². The molecule has 0 saturated carbocycles. The van der Waals surface area contributed by atoms with Crippen molar-refractivity contribution in [2.75, 3.05) is 11.5 Å². The molecule has 0 aliphatic carbocycles. The number of carbonyl (C=O) groups excluding carboxylic acids is 3. The normalized spacial score (nSPS) is 16.3. The molecule has 1 N–H and O–H groups in total. The van der Waals surface area contributed by atoms with Gasteiger partial charge in [0.1, 0.15) is 17.1 Å². The summed E-state index contributed by atoms with van der Waals surface area (Å²) in [4.78, 5) is 37.7. The first kappa shape index (κ1) is 17.2. The molecule has 0 unspecified atom stereocenters. The Kier molecular flexibility index (Phi) is 4.88. The standard InChI is InChI=1S/C17H13IN2O5/c1-2-24-11-5-3-10(4-6-11)20-16(22)13(15(21)19-17(20)23)9-12-7-8-14(18)25-12/h3-9H,2H2,1H3,(H,19,21,23)/b13-9+. The Labute approximate surface area is 156 Å². The van der Waals surface area contributed by atoms with E-state index in [0.717, 1.165) is 4.90 Å². The van der Waals surface area contributed by atoms with Crippen LogP contribution in [0.2, 0.25) is 0 Å². The highest BCUT2D eigenvalue weighted by Gasteiger charge is 2.37. The summed E-state index contributed by atoms with van der Waals surface area (Å²) in [5, 5.41) is 2.16. The number of hydrogen-bond donors (Lipinski definition) is 1. The molecule has 3 rings (SSSR count). The summed E-state index contributed by atoms with van der Waals surface area (Å²) in [5.41, 5.74) is 0.151. The number of halogens is 1. The highest BCUT2D eigenvalue weighted by molar-refractivity contribution is 14.1. The van der Waals surface area contributed by atoms with E-state index in [2.05, 4.69) is 5.32 Å². The van der Waals surface area contributed by atoms with Gasteiger partial charge in [-0.15, -0.1) is 0 Å². The number of rotatable bonds is 4. The zero-order valence-electron chi connectivity index (χ0n) is 13.1. The van der Waals surface area contributed by atoms with Crippen molar-refractivity contribution in [2.45, 2.75) is 6.92 Å². The Morgan fingerprint density at radius 3 is 2.48 bits per heavy atom. The lowest BCUT2D eigenvalue weighted by molar-refractivity contribution is -0.122. The predicted octanol–water partition coefficient (Wildman–Crippen LogP) is 2.95. The zero-order chi connectivity index (χ0) is 18.0. The molecular weight excluding hydrogens is 439 g/mol. The van der Waals surface area contributed by atoms with E-state index in [9.17, 15) is 14.4 Å². The summed E-state index contributed by atoms with van der Waals surface area (Å²) in [6, 6.07) is 8.98. The molecule has 0 radical (unpaired) electrons. The van der Waals surface area contributed by atoms with Crippen molar-refractivity contribution < 1.29 is 23.5 Å². The van der Waals surface area contributed by atoms with Crippen molar-refractivity contribution in [3.63, 3.8) is 0 Å². The lowest BCUT2D eigenvalue weighted by Crippen LogP contribution is -2.54. The first-order valence-corrected chi connectivity index (χ1v) is 8.47. The van der Waals surface area contributed by atoms with Crippen molar-refractivity contribution in [1.82, 2.24) is 5.32 Å². The van der Waals surface area contributed by atoms with Gasteiger partial charge in [0.2, 0.25) is 0 Å². The number of benzene rings is 1. The largest absolute Gasteiger partial charge is 0.494 e. The van der Waals surface area contributed by atoms with E-state index in [1.54, 1.807) is 36.4 Å². The summed E-state index contributed by atoms with van der Waals surface area (Å²) in [6.45, 7) is 2.36. The average Bonchev–Trinajstić information content (AvgIpc) is 2.98. The number of nitrogens with zero attached hydrogens (tertiary/aromatic N) is 1. The molecule has 0 bridgehead atoms. The van der Waals surface area contributed by atoms with E-state index in [1.807, 2.05) is 29.5 Å². The van der Waals surface area contributed by atoms with Crippen LogP contribution in [0.1, 0.15) is 12.7 Å². The fraction of sp³-hybridized carbons (Fsp3) is 0.118. The second-order valence-electron chi connectivity index (χ2n) is 5.03. The van der Waals surface area contributed by atoms with Crippen molar-refractivity contribution in [2.24, 2.45) is 0 Å². The summed E-state index contributed by atoms with van der Waals surface area (Å²) in [5.74, 6) is -0.509. The molecule has 25 heavy (non-hydrogen) atoms. The van der Waals surface area contributed by atoms with Gasteiger partial charge in [0, 0.05) is 0 Å². The minimum Gasteiger partial charge on any atom is -0.494 e. The van der Waals surface area contributed by atoms with Gasteiger partial charge in [0.05, 0.1) is 12.3 Å². The average molecular weight is 452 g/mol. The number of anilines is 1. The second-order valence-corrected chi connectivity index (χ2v) is 6.09. The molecule has 1 aromatic heterocycles. The maximum atomic E-state index is 12.7. The third kappa shape index (κ3) is 3.58. The first-order valence-electron chi connectivity index (χ1n) is 7.39. The molecule has 7 nitrogen and oxygen atoms in total. The highest BCUT2D eigenvalue weighted by Crippen LogP contribution is 2.24. The molecule has 2 aromatic rings. The summed E-state index contributed by atoms with van der Waals surface area (Å²) < 4.78 is 11.3. The molecular formula is C17H13IN2O5. The van der Waals surface area contributed by atoms with Gasteiger partial charge < -0.3 is 9.15 Å². The van der Waals surface area contributed by atoms with E-state index in [4.69, 9.17) is 9.15 Å². The number of furan rings is 1. The van der Waals surface area contributed by atoms with Gasteiger partial charge in [0.15, 0.2) is 3.77 Å². The Morgan fingerprint density at radius 1 is 1.16 bits per heavy atom. The molecule has 0 spiro atoms. The Bertz CT molecular complexity index is 869. The Balaban J connectivity index is 1.93. The van der Waals surface area contributed by atoms with E-state index in [1.165, 1.54) is 6.08 Å². The molecule has 1 aromatic carbocycles. The number of imide groups is 2. The third-order valence-corrected chi connectivity index (χ3v) is 3.97. The maximum absolute atomic E-state index is 12.7. The number of nitrogens with one attached hydrogen (secondary N) is 1. The van der Waals surface area contributed by atoms with Gasteiger partial charge in [-0.2, -0.15) is 0 Å². The molecule has 8 heteroatoms. The van der Waals surface area contributed by atoms with Crippen molar-refractivity contribution in [1.29, 1.82) is 0 Å². The number of urea groups is 1. The van der Waals surface area contributed by atoms with Crippen LogP contribution in [-0.4, -0.2) is 24.5 Å². The molecule has 0 atom stereocenters. The minimum atomic E-state index is -0.801. The van der Waals surface area contributed by atoms with Crippen LogP contribution in [0, 0.1) is 3.77 Å².